The Bertz CT molecular complexity index is 587. The van der Waals surface area contributed by atoms with Crippen molar-refractivity contribution in [3.8, 4) is 17.2 Å². The highest BCUT2D eigenvalue weighted by Gasteiger charge is 2.31. The fourth-order valence-corrected chi connectivity index (χ4v) is 2.32. The van der Waals surface area contributed by atoms with Gasteiger partial charge in [0, 0.05) is 17.9 Å². The molecular formula is C13H13F3N2O3S. The monoisotopic (exact) mass is 334 g/mol. The fourth-order valence-electron chi connectivity index (χ4n) is 1.56. The minimum absolute atomic E-state index is 0.141. The van der Waals surface area contributed by atoms with Crippen molar-refractivity contribution in [1.82, 2.24) is 10.2 Å². The second-order valence-electron chi connectivity index (χ2n) is 4.22. The van der Waals surface area contributed by atoms with E-state index in [1.807, 2.05) is 0 Å². The van der Waals surface area contributed by atoms with Crippen molar-refractivity contribution in [3.63, 3.8) is 0 Å². The summed E-state index contributed by atoms with van der Waals surface area (Å²) in [5.74, 6) is 0.651. The Morgan fingerprint density at radius 1 is 1.14 bits per heavy atom. The first-order valence-corrected chi connectivity index (χ1v) is 7.40. The van der Waals surface area contributed by atoms with Gasteiger partial charge in [-0.2, -0.15) is 0 Å². The summed E-state index contributed by atoms with van der Waals surface area (Å²) in [5, 5.41) is 16.7. The van der Waals surface area contributed by atoms with Crippen LogP contribution in [0.25, 0.3) is 11.5 Å². The summed E-state index contributed by atoms with van der Waals surface area (Å²) in [4.78, 5) is 0. The average molecular weight is 334 g/mol. The van der Waals surface area contributed by atoms with Gasteiger partial charge in [0.2, 0.25) is 5.89 Å². The number of thioether (sulfide) groups is 1. The van der Waals surface area contributed by atoms with E-state index in [0.29, 0.717) is 17.2 Å². The molecule has 5 nitrogen and oxygen atoms in total. The van der Waals surface area contributed by atoms with E-state index in [0.717, 1.165) is 12.2 Å². The molecule has 0 radical (unpaired) electrons. The summed E-state index contributed by atoms with van der Waals surface area (Å²) in [6, 6.07) is 5.19. The minimum atomic E-state index is -4.72. The molecule has 1 N–H and O–H groups in total. The predicted octanol–water partition coefficient (Wildman–Crippen LogP) is 3.50. The molecule has 0 saturated heterocycles. The lowest BCUT2D eigenvalue weighted by Crippen LogP contribution is -2.16. The molecule has 0 aliphatic rings. The number of hydrogen-bond acceptors (Lipinski definition) is 6. The van der Waals surface area contributed by atoms with Crippen LogP contribution in [-0.2, 0) is 0 Å². The standard InChI is InChI=1S/C13H13F3N2O3S/c14-13(15,16)21-10-5-3-9(4-6-10)11-17-18-12(20-11)22-8-2-1-7-19/h3-6,19H,1-2,7-8H2. The van der Waals surface area contributed by atoms with Crippen molar-refractivity contribution in [1.29, 1.82) is 0 Å². The van der Waals surface area contributed by atoms with Gasteiger partial charge in [-0.1, -0.05) is 11.8 Å². The van der Waals surface area contributed by atoms with Crippen LogP contribution in [0.4, 0.5) is 13.2 Å². The Kier molecular flexibility index (Phi) is 5.67. The van der Waals surface area contributed by atoms with E-state index in [2.05, 4.69) is 14.9 Å². The Morgan fingerprint density at radius 3 is 2.50 bits per heavy atom. The molecule has 0 bridgehead atoms. The Hall–Kier alpha value is -1.74. The maximum atomic E-state index is 12.1. The molecule has 1 aromatic carbocycles. The zero-order chi connectivity index (χ0) is 16.0. The SMILES string of the molecule is OCCCCSc1nnc(-c2ccc(OC(F)(F)F)cc2)o1. The van der Waals surface area contributed by atoms with Crippen LogP contribution in [-0.4, -0.2) is 34.0 Å². The van der Waals surface area contributed by atoms with Crippen LogP contribution in [0, 0.1) is 0 Å². The van der Waals surface area contributed by atoms with E-state index in [9.17, 15) is 13.2 Å². The number of nitrogens with zero attached hydrogens (tertiary/aromatic N) is 2. The highest BCUT2D eigenvalue weighted by Crippen LogP contribution is 2.27. The van der Waals surface area contributed by atoms with Crippen LogP contribution in [0.3, 0.4) is 0 Å². The molecule has 0 amide bonds. The second-order valence-corrected chi connectivity index (χ2v) is 5.27. The van der Waals surface area contributed by atoms with Gasteiger partial charge >= 0.3 is 6.36 Å². The maximum Gasteiger partial charge on any atom is 0.573 e. The lowest BCUT2D eigenvalue weighted by atomic mass is 10.2. The average Bonchev–Trinajstić information content (AvgIpc) is 2.91. The second kappa shape index (κ2) is 7.50. The molecule has 0 saturated carbocycles. The van der Waals surface area contributed by atoms with Crippen LogP contribution >= 0.6 is 11.8 Å². The van der Waals surface area contributed by atoms with Crippen molar-refractivity contribution in [3.05, 3.63) is 24.3 Å². The molecule has 0 aliphatic heterocycles. The van der Waals surface area contributed by atoms with E-state index < -0.39 is 6.36 Å². The van der Waals surface area contributed by atoms with Gasteiger partial charge in [0.05, 0.1) is 0 Å². The number of unbranched alkanes of at least 4 members (excludes halogenated alkanes) is 1. The summed E-state index contributed by atoms with van der Waals surface area (Å²) >= 11 is 1.36. The Labute approximate surface area is 128 Å². The number of hydrogen-bond donors (Lipinski definition) is 1. The number of benzene rings is 1. The van der Waals surface area contributed by atoms with Crippen molar-refractivity contribution in [2.75, 3.05) is 12.4 Å². The molecule has 1 heterocycles. The zero-order valence-electron chi connectivity index (χ0n) is 11.3. The topological polar surface area (TPSA) is 68.4 Å². The smallest absolute Gasteiger partial charge is 0.411 e. The van der Waals surface area contributed by atoms with Crippen molar-refractivity contribution in [2.24, 2.45) is 0 Å². The van der Waals surface area contributed by atoms with Crippen molar-refractivity contribution in [2.45, 2.75) is 24.4 Å². The van der Waals surface area contributed by atoms with E-state index in [1.54, 1.807) is 0 Å². The van der Waals surface area contributed by atoms with Gasteiger partial charge < -0.3 is 14.3 Å². The van der Waals surface area contributed by atoms with Gasteiger partial charge in [-0.3, -0.25) is 0 Å². The molecule has 0 unspecified atom stereocenters. The highest BCUT2D eigenvalue weighted by atomic mass is 32.2. The molecule has 1 aromatic heterocycles. The summed E-state index contributed by atoms with van der Waals surface area (Å²) in [6.45, 7) is 0.141. The van der Waals surface area contributed by atoms with E-state index in [-0.39, 0.29) is 18.2 Å². The third-order valence-corrected chi connectivity index (χ3v) is 3.42. The first-order valence-electron chi connectivity index (χ1n) is 6.41. The van der Waals surface area contributed by atoms with Crippen LogP contribution in [0.1, 0.15) is 12.8 Å². The molecule has 0 atom stereocenters. The molecule has 0 aliphatic carbocycles. The molecule has 2 rings (SSSR count). The Morgan fingerprint density at radius 2 is 1.86 bits per heavy atom. The van der Waals surface area contributed by atoms with Gasteiger partial charge in [0.1, 0.15) is 5.75 Å². The van der Waals surface area contributed by atoms with Crippen LogP contribution in [0.15, 0.2) is 33.9 Å². The minimum Gasteiger partial charge on any atom is -0.411 e. The first-order chi connectivity index (χ1) is 10.5. The third kappa shape index (κ3) is 5.23. The number of alkyl halides is 3. The summed E-state index contributed by atoms with van der Waals surface area (Å²) in [5.41, 5.74) is 0.504. The van der Waals surface area contributed by atoms with Crippen molar-refractivity contribution < 1.29 is 27.4 Å². The van der Waals surface area contributed by atoms with Gasteiger partial charge in [-0.15, -0.1) is 23.4 Å². The molecule has 0 fully saturated rings. The molecule has 9 heteroatoms. The zero-order valence-corrected chi connectivity index (χ0v) is 12.2. The largest absolute Gasteiger partial charge is 0.573 e. The number of aromatic nitrogens is 2. The van der Waals surface area contributed by atoms with Gasteiger partial charge in [-0.05, 0) is 37.1 Å². The molecule has 120 valence electrons. The van der Waals surface area contributed by atoms with E-state index >= 15 is 0 Å². The maximum absolute atomic E-state index is 12.1. The van der Waals surface area contributed by atoms with Crippen molar-refractivity contribution >= 4 is 11.8 Å². The fraction of sp³-hybridized carbons (Fsp3) is 0.385. The molecule has 0 spiro atoms. The van der Waals surface area contributed by atoms with Crippen LogP contribution in [0.2, 0.25) is 0 Å². The van der Waals surface area contributed by atoms with E-state index in [1.165, 1.54) is 36.0 Å². The number of halogens is 3. The van der Waals surface area contributed by atoms with Gasteiger partial charge in [0.15, 0.2) is 0 Å². The molecular weight excluding hydrogens is 321 g/mol. The summed E-state index contributed by atoms with van der Waals surface area (Å²) in [7, 11) is 0. The van der Waals surface area contributed by atoms with Crippen LogP contribution < -0.4 is 4.74 Å². The quantitative estimate of drug-likeness (QED) is 0.617. The lowest BCUT2D eigenvalue weighted by molar-refractivity contribution is -0.274. The lowest BCUT2D eigenvalue weighted by Gasteiger charge is -2.08. The van der Waals surface area contributed by atoms with Gasteiger partial charge in [-0.25, -0.2) is 0 Å². The van der Waals surface area contributed by atoms with Crippen LogP contribution in [0.5, 0.6) is 5.75 Å². The number of rotatable bonds is 7. The molecule has 2 aromatic rings. The normalized spacial score (nSPS) is 11.6. The molecule has 22 heavy (non-hydrogen) atoms. The summed E-state index contributed by atoms with van der Waals surface area (Å²) < 4.78 is 45.4. The third-order valence-electron chi connectivity index (χ3n) is 2.52. The predicted molar refractivity (Wildman–Crippen MR) is 73.5 cm³/mol. The summed E-state index contributed by atoms with van der Waals surface area (Å²) in [6.07, 6.45) is -3.19. The number of aliphatic hydroxyl groups excluding tert-OH is 1. The first kappa shape index (κ1) is 16.6. The highest BCUT2D eigenvalue weighted by molar-refractivity contribution is 7.99. The van der Waals surface area contributed by atoms with E-state index in [4.69, 9.17) is 9.52 Å². The Balaban J connectivity index is 1.96. The number of aliphatic hydroxyl groups is 1. The number of ether oxygens (including phenoxy) is 1. The van der Waals surface area contributed by atoms with Gasteiger partial charge in [0.25, 0.3) is 5.22 Å².